The van der Waals surface area contributed by atoms with Crippen LogP contribution in [0.3, 0.4) is 0 Å². The van der Waals surface area contributed by atoms with E-state index in [1.807, 2.05) is 41.8 Å². The number of thiophene rings is 1. The molecule has 5 nitrogen and oxygen atoms in total. The van der Waals surface area contributed by atoms with Crippen molar-refractivity contribution in [3.63, 3.8) is 0 Å². The summed E-state index contributed by atoms with van der Waals surface area (Å²) in [6.07, 6.45) is 0.611. The number of nitrogens with one attached hydrogen (secondary N) is 2. The molecule has 2 heterocycles. The number of fused-ring (bicyclic) bond motifs is 1. The number of aromatic amines is 1. The Balaban J connectivity index is 1.43. The molecule has 4 rings (SSSR count). The Labute approximate surface area is 159 Å². The molecule has 1 amide bonds. The number of carbonyl (C=O) groups is 1. The van der Waals surface area contributed by atoms with Crippen molar-refractivity contribution in [1.82, 2.24) is 9.97 Å². The van der Waals surface area contributed by atoms with Crippen molar-refractivity contribution < 1.29 is 4.79 Å². The van der Waals surface area contributed by atoms with Gasteiger partial charge in [-0.15, -0.1) is 0 Å². The summed E-state index contributed by atoms with van der Waals surface area (Å²) in [4.78, 5) is 31.6. The number of para-hydroxylation sites is 1. The first-order valence-electron chi connectivity index (χ1n) is 8.59. The Morgan fingerprint density at radius 1 is 1.07 bits per heavy atom. The predicted octanol–water partition coefficient (Wildman–Crippen LogP) is 4.22. The second kappa shape index (κ2) is 7.55. The molecule has 0 aliphatic rings. The highest BCUT2D eigenvalue weighted by molar-refractivity contribution is 7.08. The van der Waals surface area contributed by atoms with Crippen molar-refractivity contribution in [3.05, 3.63) is 81.5 Å². The summed E-state index contributed by atoms with van der Waals surface area (Å²) in [7, 11) is 0. The second-order valence-electron chi connectivity index (χ2n) is 6.17. The van der Waals surface area contributed by atoms with Crippen LogP contribution in [0.15, 0.2) is 70.2 Å². The molecular weight excluding hydrogens is 358 g/mol. The van der Waals surface area contributed by atoms with Crippen LogP contribution < -0.4 is 10.9 Å². The van der Waals surface area contributed by atoms with Gasteiger partial charge in [0.15, 0.2) is 0 Å². The number of hydrogen-bond acceptors (Lipinski definition) is 4. The zero-order chi connectivity index (χ0) is 18.6. The van der Waals surface area contributed by atoms with Crippen LogP contribution in [0.2, 0.25) is 0 Å². The molecule has 0 saturated carbocycles. The van der Waals surface area contributed by atoms with Gasteiger partial charge >= 0.3 is 0 Å². The molecule has 27 heavy (non-hydrogen) atoms. The number of nitrogens with zero attached hydrogens (tertiary/aromatic N) is 1. The summed E-state index contributed by atoms with van der Waals surface area (Å²) in [5, 5.41) is 7.56. The lowest BCUT2D eigenvalue weighted by atomic mass is 10.1. The fourth-order valence-electron chi connectivity index (χ4n) is 2.91. The van der Waals surface area contributed by atoms with E-state index >= 15 is 0 Å². The average molecular weight is 375 g/mol. The topological polar surface area (TPSA) is 74.8 Å². The SMILES string of the molecule is O=C(CCc1nc2ccccc2c(=O)[nH]1)Nc1cccc(-c2ccsc2)c1. The fourth-order valence-corrected chi connectivity index (χ4v) is 3.58. The van der Waals surface area contributed by atoms with Crippen molar-refractivity contribution in [2.75, 3.05) is 5.32 Å². The van der Waals surface area contributed by atoms with Crippen LogP contribution in [-0.4, -0.2) is 15.9 Å². The number of H-pyrrole nitrogens is 1. The highest BCUT2D eigenvalue weighted by Crippen LogP contribution is 2.24. The summed E-state index contributed by atoms with van der Waals surface area (Å²) in [6.45, 7) is 0. The Morgan fingerprint density at radius 2 is 1.96 bits per heavy atom. The van der Waals surface area contributed by atoms with Gasteiger partial charge in [0, 0.05) is 18.5 Å². The zero-order valence-electron chi connectivity index (χ0n) is 14.4. The number of amides is 1. The zero-order valence-corrected chi connectivity index (χ0v) is 15.3. The van der Waals surface area contributed by atoms with Crippen molar-refractivity contribution in [3.8, 4) is 11.1 Å². The number of aromatic nitrogens is 2. The summed E-state index contributed by atoms with van der Waals surface area (Å²) in [5.74, 6) is 0.397. The minimum atomic E-state index is -0.181. The number of carbonyl (C=O) groups excluding carboxylic acids is 1. The molecule has 0 aliphatic carbocycles. The third kappa shape index (κ3) is 3.96. The monoisotopic (exact) mass is 375 g/mol. The van der Waals surface area contributed by atoms with Gasteiger partial charge in [-0.3, -0.25) is 9.59 Å². The van der Waals surface area contributed by atoms with E-state index < -0.39 is 0 Å². The quantitative estimate of drug-likeness (QED) is 0.548. The standard InChI is InChI=1S/C21H17N3O2S/c25-20(22-16-5-3-4-14(12-16)15-10-11-27-13-15)9-8-19-23-18-7-2-1-6-17(18)21(26)24-19/h1-7,10-13H,8-9H2,(H,22,25)(H,23,24,26). The Kier molecular flexibility index (Phi) is 4.80. The van der Waals surface area contributed by atoms with Gasteiger partial charge in [-0.05, 0) is 52.2 Å². The minimum absolute atomic E-state index is 0.117. The van der Waals surface area contributed by atoms with E-state index in [9.17, 15) is 9.59 Å². The minimum Gasteiger partial charge on any atom is -0.326 e. The molecule has 0 aliphatic heterocycles. The van der Waals surface area contributed by atoms with Gasteiger partial charge in [0.05, 0.1) is 10.9 Å². The van der Waals surface area contributed by atoms with Crippen LogP contribution in [0.5, 0.6) is 0 Å². The molecule has 0 spiro atoms. The van der Waals surface area contributed by atoms with Crippen LogP contribution in [0.1, 0.15) is 12.2 Å². The smallest absolute Gasteiger partial charge is 0.258 e. The van der Waals surface area contributed by atoms with Crippen LogP contribution in [-0.2, 0) is 11.2 Å². The maximum Gasteiger partial charge on any atom is 0.258 e. The van der Waals surface area contributed by atoms with Gasteiger partial charge in [-0.2, -0.15) is 11.3 Å². The summed E-state index contributed by atoms with van der Waals surface area (Å²) in [6, 6.07) is 17.0. The first-order chi connectivity index (χ1) is 13.2. The molecule has 0 radical (unpaired) electrons. The van der Waals surface area contributed by atoms with Gasteiger partial charge < -0.3 is 10.3 Å². The van der Waals surface area contributed by atoms with E-state index in [-0.39, 0.29) is 17.9 Å². The molecular formula is C21H17N3O2S. The molecule has 0 bridgehead atoms. The number of aryl methyl sites for hydroxylation is 1. The first-order valence-corrected chi connectivity index (χ1v) is 9.54. The molecule has 4 aromatic rings. The number of hydrogen-bond donors (Lipinski definition) is 2. The van der Waals surface area contributed by atoms with E-state index in [0.717, 1.165) is 16.8 Å². The highest BCUT2D eigenvalue weighted by atomic mass is 32.1. The molecule has 6 heteroatoms. The fraction of sp³-hybridized carbons (Fsp3) is 0.0952. The summed E-state index contributed by atoms with van der Waals surface area (Å²) < 4.78 is 0. The predicted molar refractivity (Wildman–Crippen MR) is 109 cm³/mol. The number of rotatable bonds is 5. The Hall–Kier alpha value is -3.25. The molecule has 0 atom stereocenters. The van der Waals surface area contributed by atoms with Gasteiger partial charge in [0.2, 0.25) is 5.91 Å². The maximum absolute atomic E-state index is 12.3. The van der Waals surface area contributed by atoms with Crippen LogP contribution in [0.25, 0.3) is 22.0 Å². The molecule has 2 N–H and O–H groups in total. The Morgan fingerprint density at radius 3 is 2.81 bits per heavy atom. The third-order valence-corrected chi connectivity index (χ3v) is 4.93. The van der Waals surface area contributed by atoms with Crippen molar-refractivity contribution in [1.29, 1.82) is 0 Å². The number of benzene rings is 2. The number of anilines is 1. The highest BCUT2D eigenvalue weighted by Gasteiger charge is 2.08. The molecule has 0 unspecified atom stereocenters. The first kappa shape index (κ1) is 17.2. The lowest BCUT2D eigenvalue weighted by Crippen LogP contribution is -2.16. The van der Waals surface area contributed by atoms with Crippen molar-refractivity contribution in [2.24, 2.45) is 0 Å². The van der Waals surface area contributed by atoms with Gasteiger partial charge in [0.25, 0.3) is 5.56 Å². The molecule has 134 valence electrons. The van der Waals surface area contributed by atoms with Crippen LogP contribution in [0, 0.1) is 0 Å². The van der Waals surface area contributed by atoms with E-state index in [0.29, 0.717) is 23.1 Å². The van der Waals surface area contributed by atoms with Crippen molar-refractivity contribution >= 4 is 33.8 Å². The van der Waals surface area contributed by atoms with Gasteiger partial charge in [-0.25, -0.2) is 4.98 Å². The summed E-state index contributed by atoms with van der Waals surface area (Å²) >= 11 is 1.64. The molecule has 0 saturated heterocycles. The van der Waals surface area contributed by atoms with Gasteiger partial charge in [-0.1, -0.05) is 24.3 Å². The normalized spacial score (nSPS) is 10.8. The van der Waals surface area contributed by atoms with E-state index in [1.54, 1.807) is 29.5 Å². The van der Waals surface area contributed by atoms with Crippen molar-refractivity contribution in [2.45, 2.75) is 12.8 Å². The van der Waals surface area contributed by atoms with Crippen LogP contribution >= 0.6 is 11.3 Å². The van der Waals surface area contributed by atoms with E-state index in [1.165, 1.54) is 0 Å². The lowest BCUT2D eigenvalue weighted by molar-refractivity contribution is -0.116. The Bertz CT molecular complexity index is 1150. The largest absolute Gasteiger partial charge is 0.326 e. The van der Waals surface area contributed by atoms with Gasteiger partial charge in [0.1, 0.15) is 5.82 Å². The second-order valence-corrected chi connectivity index (χ2v) is 6.95. The third-order valence-electron chi connectivity index (χ3n) is 4.25. The molecule has 2 aromatic heterocycles. The maximum atomic E-state index is 12.3. The lowest BCUT2D eigenvalue weighted by Gasteiger charge is -2.07. The van der Waals surface area contributed by atoms with E-state index in [4.69, 9.17) is 0 Å². The average Bonchev–Trinajstić information content (AvgIpc) is 3.22. The molecule has 0 fully saturated rings. The van der Waals surface area contributed by atoms with E-state index in [2.05, 4.69) is 20.7 Å². The molecule has 2 aromatic carbocycles. The van der Waals surface area contributed by atoms with Crippen LogP contribution in [0.4, 0.5) is 5.69 Å². The summed E-state index contributed by atoms with van der Waals surface area (Å²) in [5.41, 5.74) is 3.41.